The summed E-state index contributed by atoms with van der Waals surface area (Å²) in [6.45, 7) is 1.77. The second-order valence-electron chi connectivity index (χ2n) is 4.67. The van der Waals surface area contributed by atoms with Crippen molar-refractivity contribution in [3.05, 3.63) is 60.2 Å². The maximum atomic E-state index is 14.0. The van der Waals surface area contributed by atoms with Crippen molar-refractivity contribution in [2.45, 2.75) is 19.1 Å². The lowest BCUT2D eigenvalue weighted by atomic mass is 9.97. The summed E-state index contributed by atoms with van der Waals surface area (Å²) in [5.41, 5.74) is 8.35. The van der Waals surface area contributed by atoms with Crippen LogP contribution in [0.3, 0.4) is 0 Å². The highest BCUT2D eigenvalue weighted by Gasteiger charge is 2.27. The molecule has 2 aromatic rings. The van der Waals surface area contributed by atoms with Crippen LogP contribution in [0.1, 0.15) is 18.5 Å². The number of hydrogen-bond donors (Lipinski definition) is 1. The summed E-state index contributed by atoms with van der Waals surface area (Å²) in [6.07, 6.45) is -1.86. The number of carbonyl (C=O) groups is 1. The molecule has 3 nitrogen and oxygen atoms in total. The first kappa shape index (κ1) is 15.2. The quantitative estimate of drug-likeness (QED) is 0.859. The average Bonchev–Trinajstić information content (AvgIpc) is 2.54. The first-order valence-corrected chi connectivity index (χ1v) is 6.85. The van der Waals surface area contributed by atoms with Gasteiger partial charge in [-0.3, -0.25) is 0 Å². The Morgan fingerprint density at radius 2 is 1.81 bits per heavy atom. The minimum absolute atomic E-state index is 0.135. The number of ether oxygens (including phenoxy) is 1. The van der Waals surface area contributed by atoms with Crippen LogP contribution >= 0.6 is 0 Å². The van der Waals surface area contributed by atoms with Crippen molar-refractivity contribution in [1.29, 1.82) is 0 Å². The fourth-order valence-corrected chi connectivity index (χ4v) is 2.09. The average molecular weight is 287 g/mol. The summed E-state index contributed by atoms with van der Waals surface area (Å²) in [5, 5.41) is 0. The van der Waals surface area contributed by atoms with Gasteiger partial charge in [-0.05, 0) is 29.7 Å². The third-order valence-corrected chi connectivity index (χ3v) is 3.21. The van der Waals surface area contributed by atoms with Gasteiger partial charge in [-0.25, -0.2) is 9.18 Å². The molecular formula is C17H18FNO2. The van der Waals surface area contributed by atoms with Crippen molar-refractivity contribution in [2.24, 2.45) is 5.73 Å². The molecule has 0 aromatic heterocycles. The number of esters is 1. The standard InChI is InChI=1S/C17H18FNO2/c1-2-21-17(20)15(18)16(19)14-10-6-9-13(11-14)12-7-4-3-5-8-12/h3-11,15-16H,2,19H2,1H3/t15?,16-/m0/s1. The van der Waals surface area contributed by atoms with E-state index in [-0.39, 0.29) is 6.61 Å². The summed E-state index contributed by atoms with van der Waals surface area (Å²) >= 11 is 0. The van der Waals surface area contributed by atoms with Crippen LogP contribution in [0.15, 0.2) is 54.6 Å². The molecule has 0 saturated carbocycles. The zero-order valence-electron chi connectivity index (χ0n) is 11.8. The first-order valence-electron chi connectivity index (χ1n) is 6.85. The lowest BCUT2D eigenvalue weighted by Gasteiger charge is -2.16. The van der Waals surface area contributed by atoms with Crippen LogP contribution in [-0.4, -0.2) is 18.7 Å². The van der Waals surface area contributed by atoms with Gasteiger partial charge >= 0.3 is 5.97 Å². The van der Waals surface area contributed by atoms with E-state index in [1.807, 2.05) is 36.4 Å². The minimum atomic E-state index is -1.86. The van der Waals surface area contributed by atoms with Gasteiger partial charge in [-0.2, -0.15) is 0 Å². The first-order chi connectivity index (χ1) is 10.1. The third-order valence-electron chi connectivity index (χ3n) is 3.21. The van der Waals surface area contributed by atoms with E-state index in [1.165, 1.54) is 0 Å². The molecule has 2 N–H and O–H groups in total. The van der Waals surface area contributed by atoms with E-state index in [4.69, 9.17) is 5.73 Å². The zero-order chi connectivity index (χ0) is 15.2. The second-order valence-corrected chi connectivity index (χ2v) is 4.67. The van der Waals surface area contributed by atoms with Gasteiger partial charge in [-0.1, -0.05) is 48.5 Å². The van der Waals surface area contributed by atoms with Gasteiger partial charge in [-0.15, -0.1) is 0 Å². The van der Waals surface area contributed by atoms with Crippen molar-refractivity contribution in [1.82, 2.24) is 0 Å². The van der Waals surface area contributed by atoms with Crippen molar-refractivity contribution < 1.29 is 13.9 Å². The predicted octanol–water partition coefficient (Wildman–Crippen LogP) is 3.25. The van der Waals surface area contributed by atoms with E-state index in [1.54, 1.807) is 25.1 Å². The lowest BCUT2D eigenvalue weighted by molar-refractivity contribution is -0.149. The van der Waals surface area contributed by atoms with E-state index >= 15 is 0 Å². The number of carbonyl (C=O) groups excluding carboxylic acids is 1. The Morgan fingerprint density at radius 3 is 2.48 bits per heavy atom. The molecule has 21 heavy (non-hydrogen) atoms. The molecule has 0 saturated heterocycles. The molecule has 0 spiro atoms. The van der Waals surface area contributed by atoms with Crippen LogP contribution in [0.4, 0.5) is 4.39 Å². The maximum absolute atomic E-state index is 14.0. The van der Waals surface area contributed by atoms with Gasteiger partial charge in [0, 0.05) is 0 Å². The number of alkyl halides is 1. The Balaban J connectivity index is 2.23. The number of benzene rings is 2. The Hall–Kier alpha value is -2.20. The van der Waals surface area contributed by atoms with E-state index in [9.17, 15) is 9.18 Å². The minimum Gasteiger partial charge on any atom is -0.464 e. The smallest absolute Gasteiger partial charge is 0.342 e. The van der Waals surface area contributed by atoms with Gasteiger partial charge < -0.3 is 10.5 Å². The number of nitrogens with two attached hydrogens (primary N) is 1. The summed E-state index contributed by atoms with van der Waals surface area (Å²) < 4.78 is 18.7. The fourth-order valence-electron chi connectivity index (χ4n) is 2.09. The maximum Gasteiger partial charge on any atom is 0.342 e. The predicted molar refractivity (Wildman–Crippen MR) is 80.3 cm³/mol. The largest absolute Gasteiger partial charge is 0.464 e. The molecule has 0 aliphatic carbocycles. The highest BCUT2D eigenvalue weighted by atomic mass is 19.1. The molecule has 0 amide bonds. The zero-order valence-corrected chi connectivity index (χ0v) is 11.8. The van der Waals surface area contributed by atoms with Crippen LogP contribution in [-0.2, 0) is 9.53 Å². The van der Waals surface area contributed by atoms with E-state index in [0.29, 0.717) is 5.56 Å². The third kappa shape index (κ3) is 3.67. The van der Waals surface area contributed by atoms with Crippen LogP contribution in [0, 0.1) is 0 Å². The van der Waals surface area contributed by atoms with Crippen molar-refractivity contribution in [3.8, 4) is 11.1 Å². The molecule has 0 aliphatic rings. The summed E-state index contributed by atoms with van der Waals surface area (Å²) in [4.78, 5) is 11.4. The number of hydrogen-bond acceptors (Lipinski definition) is 3. The molecule has 0 heterocycles. The summed E-state index contributed by atoms with van der Waals surface area (Å²) in [6, 6.07) is 15.9. The Labute approximate surface area is 123 Å². The van der Waals surface area contributed by atoms with Gasteiger partial charge in [0.05, 0.1) is 12.6 Å². The Bertz CT molecular complexity index is 601. The number of rotatable bonds is 5. The molecule has 2 rings (SSSR count). The molecule has 110 valence electrons. The van der Waals surface area contributed by atoms with Gasteiger partial charge in [0.15, 0.2) is 0 Å². The van der Waals surface area contributed by atoms with E-state index in [2.05, 4.69) is 4.74 Å². The monoisotopic (exact) mass is 287 g/mol. The highest BCUT2D eigenvalue weighted by molar-refractivity contribution is 5.76. The van der Waals surface area contributed by atoms with Gasteiger partial charge in [0.25, 0.3) is 0 Å². The molecule has 1 unspecified atom stereocenters. The van der Waals surface area contributed by atoms with Crippen molar-refractivity contribution in [3.63, 3.8) is 0 Å². The summed E-state index contributed by atoms with van der Waals surface area (Å²) in [7, 11) is 0. The molecule has 2 atom stereocenters. The normalized spacial score (nSPS) is 13.5. The van der Waals surface area contributed by atoms with Crippen LogP contribution < -0.4 is 5.73 Å². The molecular weight excluding hydrogens is 269 g/mol. The topological polar surface area (TPSA) is 52.3 Å². The molecule has 0 bridgehead atoms. The molecule has 0 radical (unpaired) electrons. The molecule has 0 fully saturated rings. The van der Waals surface area contributed by atoms with Crippen molar-refractivity contribution >= 4 is 5.97 Å². The van der Waals surface area contributed by atoms with Gasteiger partial charge in [0.1, 0.15) is 0 Å². The summed E-state index contributed by atoms with van der Waals surface area (Å²) in [5.74, 6) is -0.921. The highest BCUT2D eigenvalue weighted by Crippen LogP contribution is 2.25. The van der Waals surface area contributed by atoms with Gasteiger partial charge in [0.2, 0.25) is 6.17 Å². The van der Waals surface area contributed by atoms with Crippen LogP contribution in [0.2, 0.25) is 0 Å². The number of halogens is 1. The Kier molecular flexibility index (Phi) is 5.06. The van der Waals surface area contributed by atoms with E-state index in [0.717, 1.165) is 11.1 Å². The van der Waals surface area contributed by atoms with E-state index < -0.39 is 18.2 Å². The SMILES string of the molecule is CCOC(=O)C(F)[C@@H](N)c1cccc(-c2ccccc2)c1. The molecule has 2 aromatic carbocycles. The Morgan fingerprint density at radius 1 is 1.14 bits per heavy atom. The van der Waals surface area contributed by atoms with Crippen molar-refractivity contribution in [2.75, 3.05) is 6.61 Å². The molecule has 4 heteroatoms. The molecule has 0 aliphatic heterocycles. The fraction of sp³-hybridized carbons (Fsp3) is 0.235. The lowest BCUT2D eigenvalue weighted by Crippen LogP contribution is -2.31. The van der Waals surface area contributed by atoms with Crippen LogP contribution in [0.25, 0.3) is 11.1 Å². The van der Waals surface area contributed by atoms with Crippen LogP contribution in [0.5, 0.6) is 0 Å². The second kappa shape index (κ2) is 6.99.